The zero-order valence-electron chi connectivity index (χ0n) is 14.7. The normalized spacial score (nSPS) is 11.0. The zero-order valence-corrected chi connectivity index (χ0v) is 14.7. The van der Waals surface area contributed by atoms with Crippen molar-refractivity contribution in [1.82, 2.24) is 5.32 Å². The van der Waals surface area contributed by atoms with Gasteiger partial charge in [0, 0.05) is 18.7 Å². The molecule has 0 bridgehead atoms. The number of hydrogen-bond acceptors (Lipinski definition) is 3. The van der Waals surface area contributed by atoms with Crippen molar-refractivity contribution in [1.29, 1.82) is 0 Å². The van der Waals surface area contributed by atoms with Crippen molar-refractivity contribution < 1.29 is 18.8 Å². The number of nitrogens with zero attached hydrogens (tertiary/aromatic N) is 1. The molecule has 0 saturated carbocycles. The smallest absolute Gasteiger partial charge is 0.255 e. The van der Waals surface area contributed by atoms with Crippen LogP contribution < -0.4 is 15.4 Å². The van der Waals surface area contributed by atoms with E-state index in [1.54, 1.807) is 18.2 Å². The number of rotatable bonds is 8. The molecule has 0 aliphatic heterocycles. The van der Waals surface area contributed by atoms with Crippen molar-refractivity contribution in [2.45, 2.75) is 20.8 Å². The number of hydrogen-bond donors (Lipinski definition) is 2. The summed E-state index contributed by atoms with van der Waals surface area (Å²) in [5, 5.41) is 5.61. The molecule has 2 N–H and O–H groups in total. The molecule has 1 aromatic rings. The first-order valence-corrected chi connectivity index (χ1v) is 7.92. The van der Waals surface area contributed by atoms with Gasteiger partial charge in [-0.15, -0.1) is 0 Å². The van der Waals surface area contributed by atoms with Crippen molar-refractivity contribution in [2.24, 2.45) is 0 Å². The average Bonchev–Trinajstić information content (AvgIpc) is 2.53. The third kappa shape index (κ3) is 5.56. The summed E-state index contributed by atoms with van der Waals surface area (Å²) in [4.78, 5) is 23.4. The number of nitrogens with one attached hydrogen (secondary N) is 2. The molecule has 0 unspecified atom stereocenters. The maximum Gasteiger partial charge on any atom is 0.255 e. The van der Waals surface area contributed by atoms with Gasteiger partial charge in [0.2, 0.25) is 5.91 Å². The van der Waals surface area contributed by atoms with E-state index in [1.807, 2.05) is 0 Å². The van der Waals surface area contributed by atoms with E-state index in [-0.39, 0.29) is 11.8 Å². The molecule has 1 aromatic carbocycles. The highest BCUT2D eigenvalue weighted by Crippen LogP contribution is 2.23. The highest BCUT2D eigenvalue weighted by Gasteiger charge is 2.18. The van der Waals surface area contributed by atoms with Crippen LogP contribution in [0.3, 0.4) is 0 Å². The lowest BCUT2D eigenvalue weighted by Crippen LogP contribution is -2.48. The fourth-order valence-corrected chi connectivity index (χ4v) is 2.23. The fraction of sp³-hybridized carbons (Fsp3) is 0.529. The number of likely N-dealkylation sites (N-methyl/N-ethyl adjacent to an activating group) is 1. The zero-order chi connectivity index (χ0) is 17.5. The van der Waals surface area contributed by atoms with E-state index >= 15 is 0 Å². The number of ether oxygens (including phenoxy) is 1. The molecule has 0 aromatic heterocycles. The Balaban J connectivity index is 2.74. The Morgan fingerprint density at radius 1 is 1.22 bits per heavy atom. The third-order valence-corrected chi connectivity index (χ3v) is 4.23. The largest absolute Gasteiger partial charge is 0.496 e. The van der Waals surface area contributed by atoms with Crippen LogP contribution in [0.1, 0.15) is 31.1 Å². The molecule has 0 radical (unpaired) electrons. The molecule has 23 heavy (non-hydrogen) atoms. The predicted octanol–water partition coefficient (Wildman–Crippen LogP) is 1.87. The predicted molar refractivity (Wildman–Crippen MR) is 91.8 cm³/mol. The minimum absolute atomic E-state index is 0.166. The Hall–Kier alpha value is -2.08. The summed E-state index contributed by atoms with van der Waals surface area (Å²) in [5.41, 5.74) is 1.07. The summed E-state index contributed by atoms with van der Waals surface area (Å²) >= 11 is 0. The van der Waals surface area contributed by atoms with Crippen molar-refractivity contribution in [2.75, 3.05) is 45.7 Å². The molecule has 128 valence electrons. The lowest BCUT2D eigenvalue weighted by atomic mass is 10.1. The molecule has 0 spiro atoms. The Labute approximate surface area is 138 Å². The van der Waals surface area contributed by atoms with Gasteiger partial charge >= 0.3 is 0 Å². The molecule has 0 fully saturated rings. The van der Waals surface area contributed by atoms with Gasteiger partial charge in [0.25, 0.3) is 5.91 Å². The van der Waals surface area contributed by atoms with E-state index in [0.717, 1.165) is 24.1 Å². The van der Waals surface area contributed by atoms with E-state index in [9.17, 15) is 9.59 Å². The number of anilines is 1. The minimum atomic E-state index is -0.171. The molecular formula is C17H28N3O3+. The molecule has 0 atom stereocenters. The number of benzene rings is 1. The summed E-state index contributed by atoms with van der Waals surface area (Å²) in [6.07, 6.45) is 0. The summed E-state index contributed by atoms with van der Waals surface area (Å²) < 4.78 is 6.18. The topological polar surface area (TPSA) is 67.4 Å². The SMILES string of the molecule is CC[N+](C)(CC)CCNC(=O)c1ccc(NC(C)=O)cc1OC. The van der Waals surface area contributed by atoms with E-state index in [1.165, 1.54) is 14.0 Å². The van der Waals surface area contributed by atoms with Crippen LogP contribution >= 0.6 is 0 Å². The maximum atomic E-state index is 12.3. The van der Waals surface area contributed by atoms with Crippen molar-refractivity contribution in [3.8, 4) is 5.75 Å². The number of amides is 2. The van der Waals surface area contributed by atoms with Gasteiger partial charge in [0.05, 0.1) is 45.9 Å². The summed E-state index contributed by atoms with van der Waals surface area (Å²) in [7, 11) is 3.68. The number of quaternary nitrogens is 1. The minimum Gasteiger partial charge on any atom is -0.496 e. The maximum absolute atomic E-state index is 12.3. The molecule has 0 aliphatic rings. The van der Waals surface area contributed by atoms with Crippen LogP contribution in [0.25, 0.3) is 0 Å². The average molecular weight is 322 g/mol. The van der Waals surface area contributed by atoms with Crippen LogP contribution in [0.2, 0.25) is 0 Å². The van der Waals surface area contributed by atoms with E-state index < -0.39 is 0 Å². The monoisotopic (exact) mass is 322 g/mol. The van der Waals surface area contributed by atoms with Gasteiger partial charge in [-0.3, -0.25) is 9.59 Å². The number of carbonyl (C=O) groups excluding carboxylic acids is 2. The highest BCUT2D eigenvalue weighted by atomic mass is 16.5. The summed E-state index contributed by atoms with van der Waals surface area (Å²) in [5.74, 6) is 0.104. The highest BCUT2D eigenvalue weighted by molar-refractivity contribution is 5.98. The second-order valence-corrected chi connectivity index (χ2v) is 5.83. The Morgan fingerprint density at radius 2 is 1.87 bits per heavy atom. The van der Waals surface area contributed by atoms with Gasteiger partial charge in [0.15, 0.2) is 0 Å². The van der Waals surface area contributed by atoms with E-state index in [0.29, 0.717) is 23.5 Å². The number of carbonyl (C=O) groups is 2. The Morgan fingerprint density at radius 3 is 2.39 bits per heavy atom. The Bertz CT molecular complexity index is 554. The van der Waals surface area contributed by atoms with Crippen LogP contribution in [0.15, 0.2) is 18.2 Å². The van der Waals surface area contributed by atoms with Crippen LogP contribution in [0.4, 0.5) is 5.69 Å². The molecule has 0 saturated heterocycles. The van der Waals surface area contributed by atoms with Crippen LogP contribution in [-0.4, -0.2) is 56.6 Å². The van der Waals surface area contributed by atoms with Crippen LogP contribution in [-0.2, 0) is 4.79 Å². The summed E-state index contributed by atoms with van der Waals surface area (Å²) in [6, 6.07) is 5.00. The van der Waals surface area contributed by atoms with Crippen LogP contribution in [0.5, 0.6) is 5.75 Å². The summed E-state index contributed by atoms with van der Waals surface area (Å²) in [6.45, 7) is 9.27. The molecular weight excluding hydrogens is 294 g/mol. The van der Waals surface area contributed by atoms with Gasteiger partial charge in [-0.2, -0.15) is 0 Å². The first kappa shape index (κ1) is 19.0. The standard InChI is InChI=1S/C17H27N3O3/c1-6-20(4,7-2)11-10-18-17(22)15-9-8-14(19-13(3)21)12-16(15)23-5/h8-9,12H,6-7,10-11H2,1-5H3,(H-,18,19,21,22)/p+1. The van der Waals surface area contributed by atoms with Crippen LogP contribution in [0, 0.1) is 0 Å². The quantitative estimate of drug-likeness (QED) is 0.718. The molecule has 0 aliphatic carbocycles. The molecule has 6 nitrogen and oxygen atoms in total. The Kier molecular flexibility index (Phi) is 7.03. The second-order valence-electron chi connectivity index (χ2n) is 5.83. The molecule has 6 heteroatoms. The van der Waals surface area contributed by atoms with Crippen molar-refractivity contribution in [3.05, 3.63) is 23.8 Å². The second kappa shape index (κ2) is 8.53. The van der Waals surface area contributed by atoms with Gasteiger partial charge < -0.3 is 19.9 Å². The first-order valence-electron chi connectivity index (χ1n) is 7.92. The van der Waals surface area contributed by atoms with E-state index in [2.05, 4.69) is 31.5 Å². The van der Waals surface area contributed by atoms with Gasteiger partial charge in [-0.1, -0.05) is 0 Å². The third-order valence-electron chi connectivity index (χ3n) is 4.23. The fourth-order valence-electron chi connectivity index (χ4n) is 2.23. The molecule has 0 heterocycles. The first-order chi connectivity index (χ1) is 10.8. The molecule has 2 amide bonds. The lowest BCUT2D eigenvalue weighted by molar-refractivity contribution is -0.904. The number of methoxy groups -OCH3 is 1. The van der Waals surface area contributed by atoms with Crippen molar-refractivity contribution >= 4 is 17.5 Å². The van der Waals surface area contributed by atoms with Gasteiger partial charge in [-0.25, -0.2) is 0 Å². The van der Waals surface area contributed by atoms with Gasteiger partial charge in [0.1, 0.15) is 5.75 Å². The lowest BCUT2D eigenvalue weighted by Gasteiger charge is -2.32. The van der Waals surface area contributed by atoms with E-state index in [4.69, 9.17) is 4.74 Å². The van der Waals surface area contributed by atoms with Gasteiger partial charge in [-0.05, 0) is 26.0 Å². The molecule has 1 rings (SSSR count). The van der Waals surface area contributed by atoms with Crippen molar-refractivity contribution in [3.63, 3.8) is 0 Å².